The quantitative estimate of drug-likeness (QED) is 0.0695. The van der Waals surface area contributed by atoms with Crippen molar-refractivity contribution in [1.29, 1.82) is 0 Å². The van der Waals surface area contributed by atoms with Crippen LogP contribution in [0.15, 0.2) is 30.3 Å². The molecule has 8 N–H and O–H groups in total. The average molecular weight is 955 g/mol. The molecule has 0 saturated carbocycles. The van der Waals surface area contributed by atoms with E-state index in [1.807, 2.05) is 52.0 Å². The van der Waals surface area contributed by atoms with Crippen LogP contribution in [0.2, 0.25) is 0 Å². The maximum Gasteiger partial charge on any atom is 0.245 e. The molecular formula is C49H70N4O15. The number of hydrogen-bond acceptors (Lipinski definition) is 15. The molecule has 68 heavy (non-hydrogen) atoms. The highest BCUT2D eigenvalue weighted by Crippen LogP contribution is 2.38. The van der Waals surface area contributed by atoms with Gasteiger partial charge in [0, 0.05) is 23.0 Å². The van der Waals surface area contributed by atoms with E-state index < -0.39 is 91.1 Å². The molecule has 2 fully saturated rings. The van der Waals surface area contributed by atoms with Crippen LogP contribution in [0.25, 0.3) is 0 Å². The first-order valence-corrected chi connectivity index (χ1v) is 23.3. The van der Waals surface area contributed by atoms with Crippen molar-refractivity contribution in [3.8, 4) is 17.2 Å². The molecule has 4 aliphatic rings. The average Bonchev–Trinajstić information content (AvgIpc) is 4.29. The van der Waals surface area contributed by atoms with Gasteiger partial charge in [0.1, 0.15) is 29.3 Å². The van der Waals surface area contributed by atoms with E-state index in [4.69, 9.17) is 23.7 Å². The predicted octanol–water partition coefficient (Wildman–Crippen LogP) is 0.286. The van der Waals surface area contributed by atoms with E-state index in [1.165, 1.54) is 0 Å². The summed E-state index contributed by atoms with van der Waals surface area (Å²) in [4.78, 5) is 77.5. The van der Waals surface area contributed by atoms with Crippen molar-refractivity contribution in [2.75, 3.05) is 61.0 Å². The highest BCUT2D eigenvalue weighted by molar-refractivity contribution is 5.99. The molecule has 2 saturated heterocycles. The van der Waals surface area contributed by atoms with Gasteiger partial charge >= 0.3 is 0 Å². The van der Waals surface area contributed by atoms with Gasteiger partial charge in [-0.3, -0.25) is 28.8 Å². The van der Waals surface area contributed by atoms with Crippen molar-refractivity contribution in [2.45, 2.75) is 114 Å². The second-order valence-corrected chi connectivity index (χ2v) is 18.9. The first-order chi connectivity index (χ1) is 32.4. The van der Waals surface area contributed by atoms with Crippen molar-refractivity contribution in [3.63, 3.8) is 0 Å². The van der Waals surface area contributed by atoms with Gasteiger partial charge in [0.2, 0.25) is 23.6 Å². The molecule has 2 heterocycles. The van der Waals surface area contributed by atoms with E-state index in [2.05, 4.69) is 21.3 Å². The van der Waals surface area contributed by atoms with Crippen LogP contribution >= 0.6 is 0 Å². The number of aryl methyl sites for hydroxylation is 1. The highest BCUT2D eigenvalue weighted by Gasteiger charge is 2.55. The molecule has 19 nitrogen and oxygen atoms in total. The number of nitrogens with one attached hydrogen (secondary N) is 4. The second-order valence-electron chi connectivity index (χ2n) is 18.9. The van der Waals surface area contributed by atoms with E-state index in [0.717, 1.165) is 40.2 Å². The predicted molar refractivity (Wildman–Crippen MR) is 246 cm³/mol. The van der Waals surface area contributed by atoms with Gasteiger partial charge in [0.05, 0.1) is 73.1 Å². The molecule has 8 atom stereocenters. The molecule has 0 spiro atoms. The van der Waals surface area contributed by atoms with Gasteiger partial charge in [-0.15, -0.1) is 0 Å². The van der Waals surface area contributed by atoms with E-state index >= 15 is 0 Å². The Balaban J connectivity index is 0.000000255. The summed E-state index contributed by atoms with van der Waals surface area (Å²) in [6.07, 6.45) is 4.07. The molecule has 0 radical (unpaired) electrons. The van der Waals surface area contributed by atoms with E-state index in [1.54, 1.807) is 27.4 Å². The summed E-state index contributed by atoms with van der Waals surface area (Å²) in [7, 11) is 4.76. The minimum absolute atomic E-state index is 0.0789. The third kappa shape index (κ3) is 12.9. The van der Waals surface area contributed by atoms with E-state index in [9.17, 15) is 49.2 Å². The zero-order valence-corrected chi connectivity index (χ0v) is 40.2. The minimum atomic E-state index is -1.28. The summed E-state index contributed by atoms with van der Waals surface area (Å²) in [5.74, 6) is -1.27. The Morgan fingerprint density at radius 1 is 0.588 bits per heavy atom. The normalized spacial score (nSPS) is 22.9. The third-order valence-electron chi connectivity index (χ3n) is 13.1. The zero-order valence-electron chi connectivity index (χ0n) is 40.2. The smallest absolute Gasteiger partial charge is 0.245 e. The molecular weight excluding hydrogens is 885 g/mol. The Labute approximate surface area is 397 Å². The maximum absolute atomic E-state index is 13.1. The van der Waals surface area contributed by atoms with Gasteiger partial charge in [-0.1, -0.05) is 39.8 Å². The number of rotatable bonds is 23. The van der Waals surface area contributed by atoms with Crippen molar-refractivity contribution in [2.24, 2.45) is 23.7 Å². The molecule has 2 aromatic rings. The monoisotopic (exact) mass is 954 g/mol. The Morgan fingerprint density at radius 3 is 1.40 bits per heavy atom. The Bertz CT molecular complexity index is 2110. The van der Waals surface area contributed by atoms with E-state index in [0.29, 0.717) is 50.7 Å². The number of Topliss-reactive ketones (excluding diaryl/α,β-unsaturated/α-hetero) is 2. The number of aliphatic hydroxyl groups is 4. The lowest BCUT2D eigenvalue weighted by Gasteiger charge is -2.28. The molecule has 6 rings (SSSR count). The lowest BCUT2D eigenvalue weighted by Crippen LogP contribution is -2.56. The zero-order chi connectivity index (χ0) is 49.9. The summed E-state index contributed by atoms with van der Waals surface area (Å²) in [6.45, 7) is 5.69. The van der Waals surface area contributed by atoms with Crippen LogP contribution in [0.3, 0.4) is 0 Å². The van der Waals surface area contributed by atoms with Crippen molar-refractivity contribution >= 4 is 35.2 Å². The lowest BCUT2D eigenvalue weighted by atomic mass is 9.82. The SMILES string of the molecule is COc1ccc(OC)c2c1CCC(C(=O)N[C@@H](CO)C(=O)N[C@@H](CC(C)C)C(=O)[C@@]1(CO)CO1)C2.COc1cccc2c1CC(C(=O)N[C@@H](CO)C(=O)N[C@@H](CC(C)C)C(=O)[C@@]1(CO)CO1)CC2. The van der Waals surface area contributed by atoms with Crippen LogP contribution in [-0.2, 0) is 63.9 Å². The third-order valence-corrected chi connectivity index (χ3v) is 13.1. The number of hydrogen-bond donors (Lipinski definition) is 8. The molecule has 0 bridgehead atoms. The number of ketones is 2. The topological polar surface area (TPSA) is 284 Å². The van der Waals surface area contributed by atoms with E-state index in [-0.39, 0.29) is 42.8 Å². The standard InChI is InChI=1S/C25H36N2O8.C24H34N2O7/c1-14(2)9-18(22(30)25(12-29)13-35-25)26-24(32)19(11-28)27-23(31)15-5-6-16-17(10-15)21(34-4)8-7-20(16)33-3;1-14(2)9-18(21(29)24(12-28)13-33-24)25-23(31)19(11-27)26-22(30)16-8-7-15-5-4-6-20(32-3)17(15)10-16/h7-8,14-15,18-19,28-29H,5-6,9-13H2,1-4H3,(H,26,32)(H,27,31);4-6,14,16,18-19,27-28H,7-13H2,1-3H3,(H,25,31)(H,26,30)/t15?,18-,19-,25+;16?,18-,19-,24+/m00/s1. The lowest BCUT2D eigenvalue weighted by molar-refractivity contribution is -0.135. The Kier molecular flexibility index (Phi) is 18.9. The number of benzene rings is 2. The molecule has 2 aromatic carbocycles. The number of amides is 4. The summed E-state index contributed by atoms with van der Waals surface area (Å²) in [6, 6.07) is 5.25. The molecule has 2 aliphatic heterocycles. The highest BCUT2D eigenvalue weighted by atomic mass is 16.6. The number of aliphatic hydroxyl groups excluding tert-OH is 4. The van der Waals surface area contributed by atoms with Crippen LogP contribution in [0.1, 0.15) is 75.6 Å². The fourth-order valence-electron chi connectivity index (χ4n) is 8.94. The van der Waals surface area contributed by atoms with Gasteiger partial charge in [-0.05, 0) is 92.5 Å². The number of carbonyl (C=O) groups excluding carboxylic acids is 6. The number of methoxy groups -OCH3 is 3. The number of ether oxygens (including phenoxy) is 5. The van der Waals surface area contributed by atoms with Crippen LogP contribution in [-0.4, -0.2) is 152 Å². The first kappa shape index (κ1) is 53.8. The van der Waals surface area contributed by atoms with Gasteiger partial charge < -0.3 is 65.4 Å². The molecule has 2 aliphatic carbocycles. The Hall–Kier alpha value is -5.18. The van der Waals surface area contributed by atoms with Gasteiger partial charge in [0.25, 0.3) is 0 Å². The fourth-order valence-corrected chi connectivity index (χ4v) is 8.94. The number of carbonyl (C=O) groups is 6. The molecule has 0 aromatic heterocycles. The fraction of sp³-hybridized carbons (Fsp3) is 0.633. The number of fused-ring (bicyclic) bond motifs is 2. The minimum Gasteiger partial charge on any atom is -0.496 e. The van der Waals surface area contributed by atoms with Crippen LogP contribution in [0.5, 0.6) is 17.2 Å². The maximum atomic E-state index is 13.1. The molecule has 2 unspecified atom stereocenters. The summed E-state index contributed by atoms with van der Waals surface area (Å²) < 4.78 is 26.6. The summed E-state index contributed by atoms with van der Waals surface area (Å²) in [5, 5.41) is 49.2. The first-order valence-electron chi connectivity index (χ1n) is 23.3. The molecule has 4 amide bonds. The summed E-state index contributed by atoms with van der Waals surface area (Å²) in [5.41, 5.74) is 1.48. The van der Waals surface area contributed by atoms with Gasteiger partial charge in [-0.25, -0.2) is 0 Å². The van der Waals surface area contributed by atoms with Crippen molar-refractivity contribution in [1.82, 2.24) is 21.3 Å². The summed E-state index contributed by atoms with van der Waals surface area (Å²) >= 11 is 0. The van der Waals surface area contributed by atoms with Crippen LogP contribution in [0, 0.1) is 23.7 Å². The van der Waals surface area contributed by atoms with Crippen LogP contribution in [0.4, 0.5) is 0 Å². The largest absolute Gasteiger partial charge is 0.496 e. The molecule has 19 heteroatoms. The number of epoxide rings is 2. The van der Waals surface area contributed by atoms with Crippen LogP contribution < -0.4 is 35.5 Å². The van der Waals surface area contributed by atoms with Gasteiger partial charge in [-0.2, -0.15) is 0 Å². The molecule has 376 valence electrons. The Morgan fingerprint density at radius 2 is 1.00 bits per heavy atom. The van der Waals surface area contributed by atoms with Gasteiger partial charge in [0.15, 0.2) is 22.8 Å². The van der Waals surface area contributed by atoms with Crippen molar-refractivity contribution in [3.05, 3.63) is 52.6 Å². The van der Waals surface area contributed by atoms with Crippen molar-refractivity contribution < 1.29 is 72.9 Å². The second kappa shape index (κ2) is 23.9.